The molecule has 0 aliphatic rings. The Morgan fingerprint density at radius 3 is 2.75 bits per heavy atom. The number of aryl methyl sites for hydroxylation is 1. The molecule has 9 heteroatoms. The van der Waals surface area contributed by atoms with E-state index in [0.29, 0.717) is 16.6 Å². The minimum atomic E-state index is -0.565. The maximum atomic E-state index is 12.2. The lowest BCUT2D eigenvalue weighted by molar-refractivity contribution is -0.383. The molecule has 0 aliphatic carbocycles. The normalized spacial score (nSPS) is 10.6. The Bertz CT molecular complexity index is 1010. The van der Waals surface area contributed by atoms with Gasteiger partial charge in [-0.1, -0.05) is 53.7 Å². The van der Waals surface area contributed by atoms with Crippen LogP contribution in [0.3, 0.4) is 0 Å². The molecule has 2 aromatic carbocycles. The second-order valence-corrected chi connectivity index (χ2v) is 7.43. The Morgan fingerprint density at radius 1 is 1.29 bits per heavy atom. The molecule has 3 aromatic rings. The largest absolute Gasteiger partial charge is 0.337 e. The average molecular weight is 417 g/mol. The maximum absolute atomic E-state index is 12.2. The summed E-state index contributed by atoms with van der Waals surface area (Å²) in [5.41, 5.74) is 2.88. The fraction of sp³-hybridized carbons (Fsp3) is 0.158. The number of nitrogens with one attached hydrogen (secondary N) is 2. The highest BCUT2D eigenvalue weighted by Crippen LogP contribution is 2.28. The molecule has 144 valence electrons. The van der Waals surface area contributed by atoms with E-state index in [1.54, 1.807) is 0 Å². The van der Waals surface area contributed by atoms with E-state index < -0.39 is 4.92 Å². The smallest absolute Gasteiger partial charge is 0.292 e. The van der Waals surface area contributed by atoms with Crippen molar-refractivity contribution in [3.05, 3.63) is 80.6 Å². The number of aromatic nitrogens is 2. The van der Waals surface area contributed by atoms with Crippen LogP contribution in [0.25, 0.3) is 0 Å². The summed E-state index contributed by atoms with van der Waals surface area (Å²) in [5.74, 6) is -0.324. The van der Waals surface area contributed by atoms with E-state index in [1.807, 2.05) is 37.3 Å². The van der Waals surface area contributed by atoms with Crippen molar-refractivity contribution in [1.82, 2.24) is 9.97 Å². The van der Waals surface area contributed by atoms with Gasteiger partial charge < -0.3 is 10.3 Å². The minimum absolute atomic E-state index is 0.0569. The summed E-state index contributed by atoms with van der Waals surface area (Å²) >= 11 is 7.10. The third-order valence-electron chi connectivity index (χ3n) is 3.95. The van der Waals surface area contributed by atoms with E-state index in [2.05, 4.69) is 15.3 Å². The zero-order chi connectivity index (χ0) is 20.1. The summed E-state index contributed by atoms with van der Waals surface area (Å²) in [7, 11) is 0. The Morgan fingerprint density at radius 2 is 2.04 bits per heavy atom. The molecule has 0 saturated heterocycles. The first-order valence-electron chi connectivity index (χ1n) is 8.38. The number of hydrogen-bond donors (Lipinski definition) is 2. The van der Waals surface area contributed by atoms with Gasteiger partial charge in [-0.05, 0) is 24.6 Å². The lowest BCUT2D eigenvalue weighted by atomic mass is 10.1. The number of anilines is 1. The summed E-state index contributed by atoms with van der Waals surface area (Å²) in [6.45, 7) is 1.94. The van der Waals surface area contributed by atoms with Crippen LogP contribution in [0, 0.1) is 17.0 Å². The van der Waals surface area contributed by atoms with Crippen LogP contribution in [0.4, 0.5) is 11.4 Å². The van der Waals surface area contributed by atoms with Crippen LogP contribution in [-0.2, 0) is 11.2 Å². The molecule has 1 amide bonds. The number of nitrogens with zero attached hydrogens (tertiary/aromatic N) is 2. The van der Waals surface area contributed by atoms with Gasteiger partial charge in [-0.2, -0.15) is 0 Å². The number of aromatic amines is 1. The summed E-state index contributed by atoms with van der Waals surface area (Å²) in [5, 5.41) is 14.5. The lowest BCUT2D eigenvalue weighted by Gasteiger charge is -2.05. The van der Waals surface area contributed by atoms with Crippen molar-refractivity contribution >= 4 is 40.6 Å². The van der Waals surface area contributed by atoms with Crippen molar-refractivity contribution in [3.8, 4) is 0 Å². The van der Waals surface area contributed by atoms with Gasteiger partial charge in [0.2, 0.25) is 5.91 Å². The van der Waals surface area contributed by atoms with E-state index in [1.165, 1.54) is 30.0 Å². The number of rotatable bonds is 7. The zero-order valence-electron chi connectivity index (χ0n) is 14.9. The number of halogens is 1. The van der Waals surface area contributed by atoms with Gasteiger partial charge in [0.05, 0.1) is 16.4 Å². The summed E-state index contributed by atoms with van der Waals surface area (Å²) < 4.78 is 0. The number of H-pyrrole nitrogens is 1. The van der Waals surface area contributed by atoms with Gasteiger partial charge >= 0.3 is 0 Å². The highest BCUT2D eigenvalue weighted by Gasteiger charge is 2.17. The second kappa shape index (κ2) is 8.90. The first-order chi connectivity index (χ1) is 13.4. The second-order valence-electron chi connectivity index (χ2n) is 6.03. The Hall–Kier alpha value is -2.84. The van der Waals surface area contributed by atoms with Gasteiger partial charge in [0.1, 0.15) is 5.69 Å². The summed E-state index contributed by atoms with van der Waals surface area (Å²) in [6.07, 6.45) is 0.699. The molecule has 0 radical (unpaired) electrons. The van der Waals surface area contributed by atoms with E-state index >= 15 is 0 Å². The lowest BCUT2D eigenvalue weighted by Crippen LogP contribution is -2.15. The van der Waals surface area contributed by atoms with Crippen molar-refractivity contribution in [2.75, 3.05) is 11.1 Å². The third kappa shape index (κ3) is 5.11. The molecular formula is C19H17ClN4O3S. The predicted octanol–water partition coefficient (Wildman–Crippen LogP) is 4.60. The number of amides is 1. The predicted molar refractivity (Wildman–Crippen MR) is 110 cm³/mol. The van der Waals surface area contributed by atoms with Crippen LogP contribution < -0.4 is 5.32 Å². The number of carbonyl (C=O) groups is 1. The van der Waals surface area contributed by atoms with Gasteiger partial charge in [0.15, 0.2) is 5.16 Å². The van der Waals surface area contributed by atoms with Crippen LogP contribution in [-0.4, -0.2) is 26.6 Å². The third-order valence-corrected chi connectivity index (χ3v) is 5.06. The van der Waals surface area contributed by atoms with Gasteiger partial charge in [-0.25, -0.2) is 4.98 Å². The number of thioether (sulfide) groups is 1. The molecule has 7 nitrogen and oxygen atoms in total. The molecular weight excluding hydrogens is 400 g/mol. The van der Waals surface area contributed by atoms with Crippen molar-refractivity contribution in [2.45, 2.75) is 18.5 Å². The summed E-state index contributed by atoms with van der Waals surface area (Å²) in [4.78, 5) is 30.4. The number of nitro benzene ring substituents is 1. The molecule has 1 heterocycles. The number of benzene rings is 2. The zero-order valence-corrected chi connectivity index (χ0v) is 16.5. The average Bonchev–Trinajstić information content (AvgIpc) is 3.00. The quantitative estimate of drug-likeness (QED) is 0.333. The highest BCUT2D eigenvalue weighted by molar-refractivity contribution is 7.99. The van der Waals surface area contributed by atoms with Gasteiger partial charge in [-0.3, -0.25) is 14.9 Å². The molecule has 3 rings (SSSR count). The van der Waals surface area contributed by atoms with Crippen molar-refractivity contribution < 1.29 is 9.72 Å². The van der Waals surface area contributed by atoms with E-state index in [4.69, 9.17) is 11.6 Å². The number of carbonyl (C=O) groups excluding carboxylic acids is 1. The van der Waals surface area contributed by atoms with Crippen molar-refractivity contribution in [2.24, 2.45) is 0 Å². The molecule has 0 spiro atoms. The van der Waals surface area contributed by atoms with Gasteiger partial charge in [-0.15, -0.1) is 0 Å². The minimum Gasteiger partial charge on any atom is -0.337 e. The fourth-order valence-electron chi connectivity index (χ4n) is 2.58. The van der Waals surface area contributed by atoms with Crippen LogP contribution in [0.5, 0.6) is 0 Å². The van der Waals surface area contributed by atoms with E-state index in [-0.39, 0.29) is 23.0 Å². The summed E-state index contributed by atoms with van der Waals surface area (Å²) in [6, 6.07) is 14.0. The number of hydrogen-bond acceptors (Lipinski definition) is 5. The van der Waals surface area contributed by atoms with Gasteiger partial charge in [0.25, 0.3) is 5.69 Å². The van der Waals surface area contributed by atoms with Gasteiger partial charge in [0, 0.05) is 23.2 Å². The van der Waals surface area contributed by atoms with Crippen LogP contribution in [0.1, 0.15) is 17.0 Å². The monoisotopic (exact) mass is 416 g/mol. The first-order valence-corrected chi connectivity index (χ1v) is 9.74. The molecule has 0 aliphatic heterocycles. The van der Waals surface area contributed by atoms with Crippen LogP contribution in [0.15, 0.2) is 53.7 Å². The number of imidazole rings is 1. The van der Waals surface area contributed by atoms with Crippen LogP contribution in [0.2, 0.25) is 5.02 Å². The van der Waals surface area contributed by atoms with Crippen molar-refractivity contribution in [3.63, 3.8) is 0 Å². The standard InChI is InChI=1S/C19H17ClN4O3S/c1-12-15(9-13-5-3-2-4-6-13)23-19(21-12)28-11-18(25)22-16-10-14(20)7-8-17(16)24(26)27/h2-8,10H,9,11H2,1H3,(H,21,23)(H,22,25). The Balaban J connectivity index is 1.62. The number of nitro groups is 1. The molecule has 2 N–H and O–H groups in total. The molecule has 0 bridgehead atoms. The molecule has 0 unspecified atom stereocenters. The van der Waals surface area contributed by atoms with E-state index in [0.717, 1.165) is 17.0 Å². The molecule has 0 saturated carbocycles. The Kier molecular flexibility index (Phi) is 6.33. The molecule has 1 aromatic heterocycles. The Labute approximate surface area is 170 Å². The topological polar surface area (TPSA) is 101 Å². The van der Waals surface area contributed by atoms with E-state index in [9.17, 15) is 14.9 Å². The highest BCUT2D eigenvalue weighted by atomic mass is 35.5. The maximum Gasteiger partial charge on any atom is 0.292 e. The van der Waals surface area contributed by atoms with Crippen molar-refractivity contribution in [1.29, 1.82) is 0 Å². The SMILES string of the molecule is Cc1[nH]c(SCC(=O)Nc2cc(Cl)ccc2[N+](=O)[O-])nc1Cc1ccccc1. The fourth-order valence-corrected chi connectivity index (χ4v) is 3.50. The molecule has 0 atom stereocenters. The first kappa shape index (κ1) is 19.9. The molecule has 0 fully saturated rings. The molecule has 28 heavy (non-hydrogen) atoms. The van der Waals surface area contributed by atoms with Crippen LogP contribution >= 0.6 is 23.4 Å².